The highest BCUT2D eigenvalue weighted by atomic mass is 19.4. The van der Waals surface area contributed by atoms with E-state index in [-0.39, 0.29) is 5.75 Å². The lowest BCUT2D eigenvalue weighted by Crippen LogP contribution is -2.41. The molecule has 24 heavy (non-hydrogen) atoms. The van der Waals surface area contributed by atoms with Gasteiger partial charge in [-0.2, -0.15) is 0 Å². The first-order valence-electron chi connectivity index (χ1n) is 7.89. The van der Waals surface area contributed by atoms with Crippen molar-refractivity contribution in [1.29, 1.82) is 0 Å². The quantitative estimate of drug-likeness (QED) is 0.636. The molecule has 134 valence electrons. The number of nitrogens with zero attached hydrogens (tertiary/aromatic N) is 2. The van der Waals surface area contributed by atoms with E-state index >= 15 is 0 Å². The molecule has 1 heterocycles. The number of benzene rings is 1. The Morgan fingerprint density at radius 2 is 2.08 bits per heavy atom. The smallest absolute Gasteiger partial charge is 0.406 e. The van der Waals surface area contributed by atoms with E-state index in [0.717, 1.165) is 25.2 Å². The summed E-state index contributed by atoms with van der Waals surface area (Å²) in [6.07, 6.45) is -2.32. The number of guanidine groups is 1. The third-order valence-corrected chi connectivity index (χ3v) is 3.88. The Bertz CT molecular complexity index is 545. The molecule has 1 saturated heterocycles. The van der Waals surface area contributed by atoms with E-state index in [1.165, 1.54) is 37.1 Å². The van der Waals surface area contributed by atoms with E-state index in [1.807, 2.05) is 0 Å². The van der Waals surface area contributed by atoms with Crippen molar-refractivity contribution in [3.63, 3.8) is 0 Å². The molecule has 1 aromatic rings. The standard InChI is InChI=1S/C16H23F3N4O/c1-23-8-2-3-13(11-23)10-22-15(20)21-9-12-4-6-14(7-5-12)24-16(17,18)19/h4-7,13H,2-3,8-11H2,1H3,(H3,20,21,22). The summed E-state index contributed by atoms with van der Waals surface area (Å²) in [5, 5.41) is 3.11. The molecule has 2 rings (SSSR count). The number of nitrogens with one attached hydrogen (secondary N) is 1. The summed E-state index contributed by atoms with van der Waals surface area (Å²) in [4.78, 5) is 6.51. The van der Waals surface area contributed by atoms with Crippen LogP contribution in [0, 0.1) is 5.92 Å². The lowest BCUT2D eigenvalue weighted by atomic mass is 9.99. The predicted octanol–water partition coefficient (Wildman–Crippen LogP) is 2.33. The lowest BCUT2D eigenvalue weighted by molar-refractivity contribution is -0.274. The van der Waals surface area contributed by atoms with Gasteiger partial charge >= 0.3 is 6.36 Å². The molecule has 8 heteroatoms. The van der Waals surface area contributed by atoms with Crippen molar-refractivity contribution in [2.45, 2.75) is 25.7 Å². The fourth-order valence-electron chi connectivity index (χ4n) is 2.72. The van der Waals surface area contributed by atoms with Gasteiger partial charge in [-0.05, 0) is 50.0 Å². The van der Waals surface area contributed by atoms with Gasteiger partial charge in [0, 0.05) is 13.1 Å². The van der Waals surface area contributed by atoms with Crippen LogP contribution in [0.25, 0.3) is 0 Å². The van der Waals surface area contributed by atoms with E-state index in [1.54, 1.807) is 0 Å². The number of nitrogens with two attached hydrogens (primary N) is 1. The fourth-order valence-corrected chi connectivity index (χ4v) is 2.72. The number of halogens is 3. The number of rotatable bonds is 5. The van der Waals surface area contributed by atoms with E-state index in [4.69, 9.17) is 5.73 Å². The van der Waals surface area contributed by atoms with Gasteiger partial charge in [0.2, 0.25) is 0 Å². The van der Waals surface area contributed by atoms with Crippen molar-refractivity contribution in [2.24, 2.45) is 16.6 Å². The number of ether oxygens (including phenoxy) is 1. The van der Waals surface area contributed by atoms with Crippen molar-refractivity contribution >= 4 is 5.96 Å². The summed E-state index contributed by atoms with van der Waals surface area (Å²) in [6, 6.07) is 5.60. The average molecular weight is 344 g/mol. The Kier molecular flexibility index (Phi) is 6.30. The number of piperidine rings is 1. The molecule has 3 N–H and O–H groups in total. The molecule has 0 aliphatic carbocycles. The van der Waals surface area contributed by atoms with Crippen LogP contribution in [0.1, 0.15) is 18.4 Å². The Hall–Kier alpha value is -1.96. The Morgan fingerprint density at radius 1 is 1.38 bits per heavy atom. The molecule has 1 fully saturated rings. The molecule has 0 bridgehead atoms. The van der Waals surface area contributed by atoms with Gasteiger partial charge in [-0.25, -0.2) is 4.99 Å². The second-order valence-electron chi connectivity index (χ2n) is 6.04. The molecule has 0 radical (unpaired) electrons. The first kappa shape index (κ1) is 18.4. The maximum Gasteiger partial charge on any atom is 0.573 e. The van der Waals surface area contributed by atoms with Crippen LogP contribution in [0.5, 0.6) is 5.75 Å². The molecule has 0 aromatic heterocycles. The first-order valence-corrected chi connectivity index (χ1v) is 7.89. The molecule has 1 aliphatic heterocycles. The van der Waals surface area contributed by atoms with Crippen molar-refractivity contribution in [2.75, 3.05) is 26.7 Å². The molecule has 0 saturated carbocycles. The second kappa shape index (κ2) is 8.23. The summed E-state index contributed by atoms with van der Waals surface area (Å²) in [6.45, 7) is 3.25. The third kappa shape index (κ3) is 6.66. The van der Waals surface area contributed by atoms with Crippen LogP contribution in [0.15, 0.2) is 29.3 Å². The zero-order valence-electron chi connectivity index (χ0n) is 13.6. The van der Waals surface area contributed by atoms with E-state index in [9.17, 15) is 13.2 Å². The molecule has 1 unspecified atom stereocenters. The van der Waals surface area contributed by atoms with Crippen LogP contribution in [-0.4, -0.2) is 43.9 Å². The van der Waals surface area contributed by atoms with Gasteiger partial charge in [-0.3, -0.25) is 0 Å². The topological polar surface area (TPSA) is 62.9 Å². The van der Waals surface area contributed by atoms with Gasteiger partial charge in [-0.15, -0.1) is 13.2 Å². The highest BCUT2D eigenvalue weighted by Gasteiger charge is 2.30. The minimum absolute atomic E-state index is 0.247. The maximum absolute atomic E-state index is 12.1. The van der Waals surface area contributed by atoms with Gasteiger partial charge in [0.1, 0.15) is 5.75 Å². The molecule has 0 spiro atoms. The van der Waals surface area contributed by atoms with E-state index in [0.29, 0.717) is 18.4 Å². The largest absolute Gasteiger partial charge is 0.573 e. The summed E-state index contributed by atoms with van der Waals surface area (Å²) in [7, 11) is 2.11. The van der Waals surface area contributed by atoms with Gasteiger partial charge in [0.05, 0.1) is 6.54 Å². The molecular weight excluding hydrogens is 321 g/mol. The number of hydrogen-bond acceptors (Lipinski definition) is 3. The monoisotopic (exact) mass is 344 g/mol. The number of hydrogen-bond donors (Lipinski definition) is 2. The van der Waals surface area contributed by atoms with Crippen molar-refractivity contribution in [1.82, 2.24) is 10.2 Å². The van der Waals surface area contributed by atoms with Crippen molar-refractivity contribution < 1.29 is 17.9 Å². The summed E-state index contributed by atoms with van der Waals surface area (Å²) < 4.78 is 40.1. The second-order valence-corrected chi connectivity index (χ2v) is 6.04. The maximum atomic E-state index is 12.1. The van der Waals surface area contributed by atoms with Crippen LogP contribution < -0.4 is 15.8 Å². The molecular formula is C16H23F3N4O. The summed E-state index contributed by atoms with van der Waals surface area (Å²) >= 11 is 0. The predicted molar refractivity (Wildman–Crippen MR) is 86.7 cm³/mol. The molecule has 1 aromatic carbocycles. The van der Waals surface area contributed by atoms with Crippen LogP contribution in [0.3, 0.4) is 0 Å². The van der Waals surface area contributed by atoms with Crippen molar-refractivity contribution in [3.05, 3.63) is 29.8 Å². The number of alkyl halides is 3. The van der Waals surface area contributed by atoms with Gasteiger partial charge in [0.15, 0.2) is 5.96 Å². The number of likely N-dealkylation sites (tertiary alicyclic amines) is 1. The Labute approximate surface area is 139 Å². The highest BCUT2D eigenvalue weighted by molar-refractivity contribution is 5.77. The molecule has 5 nitrogen and oxygen atoms in total. The van der Waals surface area contributed by atoms with Gasteiger partial charge < -0.3 is 20.7 Å². The van der Waals surface area contributed by atoms with Gasteiger partial charge in [0.25, 0.3) is 0 Å². The van der Waals surface area contributed by atoms with E-state index in [2.05, 4.69) is 27.0 Å². The Balaban J connectivity index is 1.77. The molecule has 1 aliphatic rings. The molecule has 1 atom stereocenters. The lowest BCUT2D eigenvalue weighted by Gasteiger charge is -2.29. The highest BCUT2D eigenvalue weighted by Crippen LogP contribution is 2.22. The molecule has 0 amide bonds. The zero-order valence-corrected chi connectivity index (χ0v) is 13.6. The normalized spacial score (nSPS) is 20.0. The minimum atomic E-state index is -4.68. The summed E-state index contributed by atoms with van der Waals surface area (Å²) in [5.41, 5.74) is 6.59. The van der Waals surface area contributed by atoms with Crippen molar-refractivity contribution in [3.8, 4) is 5.75 Å². The summed E-state index contributed by atoms with van der Waals surface area (Å²) in [5.74, 6) is 0.651. The average Bonchev–Trinajstić information content (AvgIpc) is 2.51. The van der Waals surface area contributed by atoms with Crippen LogP contribution in [0.2, 0.25) is 0 Å². The SMILES string of the molecule is CN1CCCC(CNC(N)=NCc2ccc(OC(F)(F)F)cc2)C1. The van der Waals surface area contributed by atoms with Gasteiger partial charge in [-0.1, -0.05) is 12.1 Å². The third-order valence-electron chi connectivity index (χ3n) is 3.88. The minimum Gasteiger partial charge on any atom is -0.406 e. The van der Waals surface area contributed by atoms with E-state index < -0.39 is 6.36 Å². The fraction of sp³-hybridized carbons (Fsp3) is 0.562. The zero-order chi connectivity index (χ0) is 17.6. The van der Waals surface area contributed by atoms with Crippen LogP contribution in [0.4, 0.5) is 13.2 Å². The number of aliphatic imine (C=N–C) groups is 1. The Morgan fingerprint density at radius 3 is 2.71 bits per heavy atom. The first-order chi connectivity index (χ1) is 11.3. The van der Waals surface area contributed by atoms with Crippen LogP contribution >= 0.6 is 0 Å². The van der Waals surface area contributed by atoms with Crippen LogP contribution in [-0.2, 0) is 6.54 Å².